The molecular formula is C24H25NO4. The first-order valence-electron chi connectivity index (χ1n) is 9.51. The van der Waals surface area contributed by atoms with Gasteiger partial charge in [-0.25, -0.2) is 4.79 Å². The molecule has 0 aromatic heterocycles. The zero-order chi connectivity index (χ0) is 20.9. The molecule has 5 nitrogen and oxygen atoms in total. The summed E-state index contributed by atoms with van der Waals surface area (Å²) in [5, 5.41) is 1.84. The highest BCUT2D eigenvalue weighted by molar-refractivity contribution is 5.97. The first-order valence-corrected chi connectivity index (χ1v) is 9.51. The topological polar surface area (TPSA) is 55.8 Å². The van der Waals surface area contributed by atoms with Crippen molar-refractivity contribution >= 4 is 28.8 Å². The first-order chi connectivity index (χ1) is 13.9. The van der Waals surface area contributed by atoms with Crippen molar-refractivity contribution in [3.05, 3.63) is 72.3 Å². The van der Waals surface area contributed by atoms with Crippen molar-refractivity contribution in [1.29, 1.82) is 0 Å². The van der Waals surface area contributed by atoms with Crippen LogP contribution in [0, 0.1) is 0 Å². The fourth-order valence-electron chi connectivity index (χ4n) is 2.95. The maximum atomic E-state index is 12.7. The summed E-state index contributed by atoms with van der Waals surface area (Å²) in [5.74, 6) is 0.640. The van der Waals surface area contributed by atoms with E-state index in [0.29, 0.717) is 24.3 Å². The number of carbonyl (C=O) groups is 2. The normalized spacial score (nSPS) is 11.1. The van der Waals surface area contributed by atoms with Gasteiger partial charge in [0.2, 0.25) is 0 Å². The zero-order valence-corrected chi connectivity index (χ0v) is 16.9. The molecule has 0 unspecified atom stereocenters. The van der Waals surface area contributed by atoms with Crippen LogP contribution in [0.25, 0.3) is 10.8 Å². The van der Waals surface area contributed by atoms with Gasteiger partial charge in [0.05, 0.1) is 12.2 Å². The molecule has 0 N–H and O–H groups in total. The lowest BCUT2D eigenvalue weighted by Gasteiger charge is -2.26. The number of rotatable bonds is 6. The van der Waals surface area contributed by atoms with Gasteiger partial charge in [0.15, 0.2) is 0 Å². The third-order valence-electron chi connectivity index (χ3n) is 4.23. The predicted octanol–water partition coefficient (Wildman–Crippen LogP) is 5.36. The van der Waals surface area contributed by atoms with Crippen molar-refractivity contribution in [3.63, 3.8) is 0 Å². The van der Waals surface area contributed by atoms with Crippen LogP contribution in [0.4, 0.5) is 10.5 Å². The Labute approximate surface area is 170 Å². The summed E-state index contributed by atoms with van der Waals surface area (Å²) in [6, 6.07) is 21.3. The highest BCUT2D eigenvalue weighted by Gasteiger charge is 2.24. The maximum absolute atomic E-state index is 12.7. The molecule has 29 heavy (non-hydrogen) atoms. The van der Waals surface area contributed by atoms with E-state index in [1.807, 2.05) is 60.7 Å². The van der Waals surface area contributed by atoms with E-state index in [-0.39, 0.29) is 6.54 Å². The Kier molecular flexibility index (Phi) is 6.17. The SMILES string of the molecule is CC(C)(C)OC(=O)N(CC=O)c1cc(OCc2ccccc2)c2ccccc2c1. The number of hydrogen-bond acceptors (Lipinski definition) is 4. The van der Waals surface area contributed by atoms with Crippen molar-refractivity contribution in [3.8, 4) is 5.75 Å². The molecule has 0 heterocycles. The standard InChI is InChI=1S/C24H25NO4/c1-24(2,3)29-23(27)25(13-14-26)20-15-19-11-7-8-12-21(19)22(16-20)28-17-18-9-5-4-6-10-18/h4-12,14-16H,13,17H2,1-3H3. The van der Waals surface area contributed by atoms with Crippen molar-refractivity contribution in [2.45, 2.75) is 33.0 Å². The Balaban J connectivity index is 1.98. The molecule has 1 amide bonds. The predicted molar refractivity (Wildman–Crippen MR) is 114 cm³/mol. The van der Waals surface area contributed by atoms with Crippen molar-refractivity contribution < 1.29 is 19.1 Å². The van der Waals surface area contributed by atoms with Gasteiger partial charge in [-0.3, -0.25) is 4.90 Å². The summed E-state index contributed by atoms with van der Waals surface area (Å²) in [5.41, 5.74) is 0.925. The van der Waals surface area contributed by atoms with Crippen LogP contribution in [0.1, 0.15) is 26.3 Å². The molecule has 0 radical (unpaired) electrons. The lowest BCUT2D eigenvalue weighted by molar-refractivity contribution is -0.106. The van der Waals surface area contributed by atoms with Crippen LogP contribution in [0.2, 0.25) is 0 Å². The van der Waals surface area contributed by atoms with Crippen molar-refractivity contribution in [1.82, 2.24) is 0 Å². The number of nitrogens with zero attached hydrogens (tertiary/aromatic N) is 1. The van der Waals surface area contributed by atoms with Gasteiger partial charge >= 0.3 is 6.09 Å². The van der Waals surface area contributed by atoms with Crippen LogP contribution in [-0.4, -0.2) is 24.5 Å². The fourth-order valence-corrected chi connectivity index (χ4v) is 2.95. The van der Waals surface area contributed by atoms with E-state index in [9.17, 15) is 9.59 Å². The molecule has 3 aromatic carbocycles. The van der Waals surface area contributed by atoms with Crippen molar-refractivity contribution in [2.75, 3.05) is 11.4 Å². The van der Waals surface area contributed by atoms with Gasteiger partial charge in [-0.2, -0.15) is 0 Å². The van der Waals surface area contributed by atoms with Crippen molar-refractivity contribution in [2.24, 2.45) is 0 Å². The second-order valence-electron chi connectivity index (χ2n) is 7.70. The second kappa shape index (κ2) is 8.78. The first kappa shape index (κ1) is 20.4. The summed E-state index contributed by atoms with van der Waals surface area (Å²) in [6.45, 7) is 5.66. The van der Waals surface area contributed by atoms with Gasteiger partial charge < -0.3 is 14.3 Å². The van der Waals surface area contributed by atoms with Gasteiger partial charge in [0.1, 0.15) is 24.2 Å². The molecule has 0 bridgehead atoms. The number of benzene rings is 3. The number of amides is 1. The van der Waals surface area contributed by atoms with Crippen LogP contribution >= 0.6 is 0 Å². The zero-order valence-electron chi connectivity index (χ0n) is 16.9. The van der Waals surface area contributed by atoms with E-state index in [2.05, 4.69) is 0 Å². The number of ether oxygens (including phenoxy) is 2. The Bertz CT molecular complexity index is 993. The molecular weight excluding hydrogens is 366 g/mol. The largest absolute Gasteiger partial charge is 0.488 e. The Morgan fingerprint density at radius 3 is 2.38 bits per heavy atom. The van der Waals surface area contributed by atoms with Gasteiger partial charge in [0.25, 0.3) is 0 Å². The van der Waals surface area contributed by atoms with Crippen LogP contribution in [0.3, 0.4) is 0 Å². The minimum atomic E-state index is -0.665. The maximum Gasteiger partial charge on any atom is 0.415 e. The van der Waals surface area contributed by atoms with E-state index >= 15 is 0 Å². The number of anilines is 1. The molecule has 0 aliphatic heterocycles. The number of hydrogen-bond donors (Lipinski definition) is 0. The fraction of sp³-hybridized carbons (Fsp3) is 0.250. The van der Waals surface area contributed by atoms with Gasteiger partial charge in [-0.1, -0.05) is 54.6 Å². The van der Waals surface area contributed by atoms with Gasteiger partial charge in [-0.15, -0.1) is 0 Å². The summed E-state index contributed by atoms with van der Waals surface area (Å²) in [6.07, 6.45) is 0.109. The number of aldehydes is 1. The van der Waals surface area contributed by atoms with E-state index in [0.717, 1.165) is 16.3 Å². The summed E-state index contributed by atoms with van der Waals surface area (Å²) < 4.78 is 11.6. The molecule has 5 heteroatoms. The molecule has 0 aliphatic rings. The van der Waals surface area contributed by atoms with E-state index in [4.69, 9.17) is 9.47 Å². The highest BCUT2D eigenvalue weighted by Crippen LogP contribution is 2.33. The average Bonchev–Trinajstić information content (AvgIpc) is 2.69. The molecule has 3 rings (SSSR count). The number of fused-ring (bicyclic) bond motifs is 1. The quantitative estimate of drug-likeness (QED) is 0.531. The summed E-state index contributed by atoms with van der Waals surface area (Å²) in [7, 11) is 0. The molecule has 0 atom stereocenters. The van der Waals surface area contributed by atoms with Crippen LogP contribution in [-0.2, 0) is 16.1 Å². The lowest BCUT2D eigenvalue weighted by atomic mass is 10.1. The Morgan fingerprint density at radius 1 is 1.00 bits per heavy atom. The summed E-state index contributed by atoms with van der Waals surface area (Å²) >= 11 is 0. The Morgan fingerprint density at radius 2 is 1.69 bits per heavy atom. The molecule has 3 aromatic rings. The third kappa shape index (κ3) is 5.35. The Hall–Kier alpha value is -3.34. The van der Waals surface area contributed by atoms with E-state index in [1.54, 1.807) is 26.8 Å². The second-order valence-corrected chi connectivity index (χ2v) is 7.70. The minimum Gasteiger partial charge on any atom is -0.488 e. The van der Waals surface area contributed by atoms with E-state index in [1.165, 1.54) is 4.90 Å². The number of carbonyl (C=O) groups excluding carboxylic acids is 2. The molecule has 0 saturated carbocycles. The molecule has 0 saturated heterocycles. The third-order valence-corrected chi connectivity index (χ3v) is 4.23. The van der Waals surface area contributed by atoms with Gasteiger partial charge in [0, 0.05) is 11.5 Å². The molecule has 150 valence electrons. The average molecular weight is 391 g/mol. The molecule has 0 fully saturated rings. The van der Waals surface area contributed by atoms with Gasteiger partial charge in [-0.05, 0) is 37.8 Å². The molecule has 0 spiro atoms. The molecule has 0 aliphatic carbocycles. The summed E-state index contributed by atoms with van der Waals surface area (Å²) in [4.78, 5) is 25.2. The van der Waals surface area contributed by atoms with Crippen LogP contribution in [0.15, 0.2) is 66.7 Å². The van der Waals surface area contributed by atoms with E-state index < -0.39 is 11.7 Å². The highest BCUT2D eigenvalue weighted by atomic mass is 16.6. The minimum absolute atomic E-state index is 0.106. The van der Waals surface area contributed by atoms with Crippen LogP contribution < -0.4 is 9.64 Å². The smallest absolute Gasteiger partial charge is 0.415 e. The monoisotopic (exact) mass is 391 g/mol. The lowest BCUT2D eigenvalue weighted by Crippen LogP contribution is -2.38. The van der Waals surface area contributed by atoms with Crippen LogP contribution in [0.5, 0.6) is 5.75 Å².